The van der Waals surface area contributed by atoms with Crippen molar-refractivity contribution < 1.29 is 0 Å². The zero-order chi connectivity index (χ0) is 22.7. The molecule has 6 rings (SSSR count). The van der Waals surface area contributed by atoms with Crippen molar-refractivity contribution in [3.63, 3.8) is 0 Å². The number of aromatic nitrogens is 5. The molecule has 1 N–H and O–H groups in total. The van der Waals surface area contributed by atoms with Crippen molar-refractivity contribution in [2.75, 3.05) is 11.9 Å². The van der Waals surface area contributed by atoms with Crippen molar-refractivity contribution in [1.82, 2.24) is 24.6 Å². The van der Waals surface area contributed by atoms with Crippen LogP contribution in [-0.4, -0.2) is 31.1 Å². The van der Waals surface area contributed by atoms with Gasteiger partial charge in [-0.1, -0.05) is 72.8 Å². The smallest absolute Gasteiger partial charge is 0.165 e. The van der Waals surface area contributed by atoms with Crippen LogP contribution in [0.2, 0.25) is 0 Å². The third kappa shape index (κ3) is 3.86. The van der Waals surface area contributed by atoms with Gasteiger partial charge in [-0.3, -0.25) is 0 Å². The summed E-state index contributed by atoms with van der Waals surface area (Å²) in [6.07, 6.45) is 5.43. The molecular formula is C28H22N6. The summed E-state index contributed by atoms with van der Waals surface area (Å²) in [5, 5.41) is 8.92. The van der Waals surface area contributed by atoms with Crippen molar-refractivity contribution in [2.45, 2.75) is 5.92 Å². The lowest BCUT2D eigenvalue weighted by atomic mass is 9.91. The Hall–Kier alpha value is -4.58. The Morgan fingerprint density at radius 2 is 1.47 bits per heavy atom. The number of nitrogens with zero attached hydrogens (tertiary/aromatic N) is 5. The van der Waals surface area contributed by atoms with E-state index in [9.17, 15) is 0 Å². The van der Waals surface area contributed by atoms with E-state index in [-0.39, 0.29) is 5.92 Å². The first-order valence-corrected chi connectivity index (χ1v) is 11.3. The summed E-state index contributed by atoms with van der Waals surface area (Å²) in [5.74, 6) is 1.60. The summed E-state index contributed by atoms with van der Waals surface area (Å²) in [5.41, 5.74) is 5.00. The molecule has 3 heterocycles. The fourth-order valence-electron chi connectivity index (χ4n) is 4.26. The van der Waals surface area contributed by atoms with E-state index in [2.05, 4.69) is 70.0 Å². The average Bonchev–Trinajstić information content (AvgIpc) is 3.38. The molecular weight excluding hydrogens is 420 g/mol. The van der Waals surface area contributed by atoms with Crippen molar-refractivity contribution in [1.29, 1.82) is 0 Å². The number of hydrogen-bond acceptors (Lipinski definition) is 5. The fourth-order valence-corrected chi connectivity index (χ4v) is 4.26. The topological polar surface area (TPSA) is 68.0 Å². The average molecular weight is 443 g/mol. The van der Waals surface area contributed by atoms with Crippen LogP contribution in [0.5, 0.6) is 0 Å². The molecule has 0 aliphatic rings. The van der Waals surface area contributed by atoms with E-state index in [0.29, 0.717) is 12.4 Å². The third-order valence-corrected chi connectivity index (χ3v) is 5.99. The number of para-hydroxylation sites is 1. The summed E-state index contributed by atoms with van der Waals surface area (Å²) < 4.78 is 1.74. The van der Waals surface area contributed by atoms with E-state index in [4.69, 9.17) is 9.97 Å². The normalized spacial score (nSPS) is 11.3. The number of anilines is 1. The predicted molar refractivity (Wildman–Crippen MR) is 135 cm³/mol. The molecule has 0 spiro atoms. The Balaban J connectivity index is 1.40. The zero-order valence-electron chi connectivity index (χ0n) is 18.4. The van der Waals surface area contributed by atoms with Gasteiger partial charge in [0.15, 0.2) is 11.5 Å². The molecule has 3 aromatic carbocycles. The van der Waals surface area contributed by atoms with Crippen molar-refractivity contribution in [3.8, 4) is 11.4 Å². The van der Waals surface area contributed by atoms with Crippen molar-refractivity contribution >= 4 is 22.4 Å². The molecule has 0 amide bonds. The molecule has 0 bridgehead atoms. The molecule has 0 fully saturated rings. The highest BCUT2D eigenvalue weighted by molar-refractivity contribution is 5.90. The van der Waals surface area contributed by atoms with Crippen LogP contribution in [0.15, 0.2) is 110 Å². The Bertz CT molecular complexity index is 1520. The summed E-state index contributed by atoms with van der Waals surface area (Å²) in [6, 6.07) is 31.1. The quantitative estimate of drug-likeness (QED) is 0.365. The minimum Gasteiger partial charge on any atom is -0.368 e. The van der Waals surface area contributed by atoms with Crippen LogP contribution in [0.1, 0.15) is 17.0 Å². The van der Waals surface area contributed by atoms with Gasteiger partial charge in [0.25, 0.3) is 0 Å². The minimum atomic E-state index is 0.182. The molecule has 0 aliphatic heterocycles. The molecule has 6 nitrogen and oxygen atoms in total. The highest BCUT2D eigenvalue weighted by Crippen LogP contribution is 2.28. The molecule has 0 radical (unpaired) electrons. The number of nitrogens with one attached hydrogen (secondary N) is 1. The minimum absolute atomic E-state index is 0.182. The van der Waals surface area contributed by atoms with Gasteiger partial charge in [0.2, 0.25) is 0 Å². The van der Waals surface area contributed by atoms with E-state index >= 15 is 0 Å². The molecule has 0 saturated heterocycles. The van der Waals surface area contributed by atoms with E-state index < -0.39 is 0 Å². The first-order valence-electron chi connectivity index (χ1n) is 11.3. The summed E-state index contributed by atoms with van der Waals surface area (Å²) in [6.45, 7) is 0.699. The molecule has 0 saturated carbocycles. The Labute approximate surface area is 197 Å². The molecule has 34 heavy (non-hydrogen) atoms. The summed E-state index contributed by atoms with van der Waals surface area (Å²) in [4.78, 5) is 14.2. The lowest BCUT2D eigenvalue weighted by Gasteiger charge is -2.20. The first-order chi connectivity index (χ1) is 16.8. The first kappa shape index (κ1) is 20.1. The van der Waals surface area contributed by atoms with Crippen molar-refractivity contribution in [2.24, 2.45) is 0 Å². The summed E-state index contributed by atoms with van der Waals surface area (Å²) >= 11 is 0. The van der Waals surface area contributed by atoms with Crippen LogP contribution in [0.3, 0.4) is 0 Å². The van der Waals surface area contributed by atoms with Crippen LogP contribution in [0.4, 0.5) is 5.82 Å². The summed E-state index contributed by atoms with van der Waals surface area (Å²) in [7, 11) is 0. The standard InChI is InChI=1S/C28H22N6/c1-3-9-20(10-4-1)24(21-11-5-2-6-12-21)18-30-28-23-13-7-8-14-25(23)32-27(33-28)22-17-29-26-15-16-31-34(26)19-22/h1-17,19,24H,18H2,(H,30,32,33). The van der Waals surface area contributed by atoms with Crippen LogP contribution >= 0.6 is 0 Å². The van der Waals surface area contributed by atoms with Gasteiger partial charge in [-0.05, 0) is 23.3 Å². The van der Waals surface area contributed by atoms with E-state index in [1.165, 1.54) is 11.1 Å². The molecule has 0 unspecified atom stereocenters. The largest absolute Gasteiger partial charge is 0.368 e. The molecule has 0 atom stereocenters. The van der Waals surface area contributed by atoms with Gasteiger partial charge in [-0.15, -0.1) is 0 Å². The number of hydrogen-bond donors (Lipinski definition) is 1. The Kier molecular flexibility index (Phi) is 5.16. The second kappa shape index (κ2) is 8.75. The predicted octanol–water partition coefficient (Wildman–Crippen LogP) is 5.58. The van der Waals surface area contributed by atoms with E-state index in [0.717, 1.165) is 27.9 Å². The Morgan fingerprint density at radius 1 is 0.765 bits per heavy atom. The van der Waals surface area contributed by atoms with Crippen LogP contribution < -0.4 is 5.32 Å². The van der Waals surface area contributed by atoms with E-state index in [1.54, 1.807) is 16.9 Å². The second-order valence-corrected chi connectivity index (χ2v) is 8.14. The van der Waals surface area contributed by atoms with Gasteiger partial charge in [0.05, 0.1) is 17.3 Å². The number of fused-ring (bicyclic) bond motifs is 2. The maximum atomic E-state index is 4.92. The number of rotatable bonds is 6. The van der Waals surface area contributed by atoms with Gasteiger partial charge in [0, 0.05) is 36.3 Å². The molecule has 6 heteroatoms. The zero-order valence-corrected chi connectivity index (χ0v) is 18.4. The van der Waals surface area contributed by atoms with Gasteiger partial charge < -0.3 is 5.32 Å². The van der Waals surface area contributed by atoms with Gasteiger partial charge >= 0.3 is 0 Å². The van der Waals surface area contributed by atoms with Crippen LogP contribution in [0, 0.1) is 0 Å². The second-order valence-electron chi connectivity index (χ2n) is 8.14. The lowest BCUT2D eigenvalue weighted by Crippen LogP contribution is -2.15. The van der Waals surface area contributed by atoms with Crippen molar-refractivity contribution in [3.05, 3.63) is 121 Å². The van der Waals surface area contributed by atoms with Crippen LogP contribution in [0.25, 0.3) is 27.9 Å². The maximum absolute atomic E-state index is 4.92. The van der Waals surface area contributed by atoms with Gasteiger partial charge in [-0.25, -0.2) is 19.5 Å². The molecule has 6 aromatic rings. The lowest BCUT2D eigenvalue weighted by molar-refractivity contribution is 0.849. The SMILES string of the molecule is c1ccc(C(CNc2nc(-c3cnc4ccnn4c3)nc3ccccc23)c2ccccc2)cc1. The van der Waals surface area contributed by atoms with Crippen LogP contribution in [-0.2, 0) is 0 Å². The van der Waals surface area contributed by atoms with E-state index in [1.807, 2.05) is 42.6 Å². The fraction of sp³-hybridized carbons (Fsp3) is 0.0714. The third-order valence-electron chi connectivity index (χ3n) is 5.99. The monoisotopic (exact) mass is 442 g/mol. The molecule has 164 valence electrons. The van der Waals surface area contributed by atoms with Gasteiger partial charge in [-0.2, -0.15) is 5.10 Å². The number of benzene rings is 3. The van der Waals surface area contributed by atoms with Gasteiger partial charge in [0.1, 0.15) is 5.82 Å². The molecule has 3 aromatic heterocycles. The highest BCUT2D eigenvalue weighted by Gasteiger charge is 2.16. The molecule has 0 aliphatic carbocycles. The Morgan fingerprint density at radius 3 is 2.24 bits per heavy atom. The maximum Gasteiger partial charge on any atom is 0.165 e. The highest BCUT2D eigenvalue weighted by atomic mass is 15.2.